The van der Waals surface area contributed by atoms with Gasteiger partial charge in [0, 0.05) is 23.7 Å². The number of carbonyl (C=O) groups excluding carboxylic acids is 1. The molecule has 5 nitrogen and oxygen atoms in total. The van der Waals surface area contributed by atoms with E-state index in [0.717, 1.165) is 10.6 Å². The first kappa shape index (κ1) is 17.4. The normalized spacial score (nSPS) is 10.6. The van der Waals surface area contributed by atoms with Crippen LogP contribution in [0.1, 0.15) is 28.7 Å². The summed E-state index contributed by atoms with van der Waals surface area (Å²) in [7, 11) is 0. The van der Waals surface area contributed by atoms with E-state index in [4.69, 9.17) is 16.7 Å². The Morgan fingerprint density at radius 3 is 2.52 bits per heavy atom. The average molecular weight is 353 g/mol. The Hall–Kier alpha value is -1.92. The van der Waals surface area contributed by atoms with Crippen LogP contribution in [0.3, 0.4) is 0 Å². The second-order valence-corrected chi connectivity index (χ2v) is 6.40. The van der Waals surface area contributed by atoms with Crippen LogP contribution >= 0.6 is 22.9 Å². The SMILES string of the molecule is CCN(CCC(=O)O)C(=O)c1sc(-c2ccc(Cl)cc2)nc1C. The number of amides is 1. The molecule has 1 aromatic carbocycles. The molecule has 0 fully saturated rings. The highest BCUT2D eigenvalue weighted by Crippen LogP contribution is 2.29. The van der Waals surface area contributed by atoms with Crippen molar-refractivity contribution in [3.05, 3.63) is 39.9 Å². The predicted molar refractivity (Wildman–Crippen MR) is 91.1 cm³/mol. The molecule has 0 spiro atoms. The van der Waals surface area contributed by atoms with E-state index < -0.39 is 5.97 Å². The minimum absolute atomic E-state index is 0.0680. The van der Waals surface area contributed by atoms with Gasteiger partial charge < -0.3 is 10.0 Å². The zero-order chi connectivity index (χ0) is 17.0. The first-order chi connectivity index (χ1) is 10.9. The summed E-state index contributed by atoms with van der Waals surface area (Å²) in [6.45, 7) is 4.27. The van der Waals surface area contributed by atoms with Gasteiger partial charge in [-0.2, -0.15) is 0 Å². The highest BCUT2D eigenvalue weighted by Gasteiger charge is 2.21. The van der Waals surface area contributed by atoms with Crippen LogP contribution in [0, 0.1) is 6.92 Å². The van der Waals surface area contributed by atoms with E-state index in [-0.39, 0.29) is 18.9 Å². The number of rotatable bonds is 6. The van der Waals surface area contributed by atoms with Crippen LogP contribution in [-0.2, 0) is 4.79 Å². The number of carboxylic acid groups (broad SMARTS) is 1. The quantitative estimate of drug-likeness (QED) is 0.860. The second kappa shape index (κ2) is 7.57. The lowest BCUT2D eigenvalue weighted by atomic mass is 10.2. The van der Waals surface area contributed by atoms with Gasteiger partial charge in [-0.15, -0.1) is 11.3 Å². The number of aliphatic carboxylic acids is 1. The molecule has 0 radical (unpaired) electrons. The number of aryl methyl sites for hydroxylation is 1. The van der Waals surface area contributed by atoms with Gasteiger partial charge in [0.15, 0.2) is 0 Å². The highest BCUT2D eigenvalue weighted by atomic mass is 35.5. The van der Waals surface area contributed by atoms with Gasteiger partial charge in [0.25, 0.3) is 5.91 Å². The van der Waals surface area contributed by atoms with Gasteiger partial charge in [-0.25, -0.2) is 4.98 Å². The van der Waals surface area contributed by atoms with Crippen LogP contribution in [0.25, 0.3) is 10.6 Å². The fourth-order valence-corrected chi connectivity index (χ4v) is 3.25. The molecule has 23 heavy (non-hydrogen) atoms. The topological polar surface area (TPSA) is 70.5 Å². The molecule has 1 N–H and O–H groups in total. The smallest absolute Gasteiger partial charge is 0.305 e. The summed E-state index contributed by atoms with van der Waals surface area (Å²) in [5.74, 6) is -1.09. The fraction of sp³-hybridized carbons (Fsp3) is 0.312. The Morgan fingerprint density at radius 1 is 1.30 bits per heavy atom. The van der Waals surface area contributed by atoms with E-state index in [2.05, 4.69) is 4.98 Å². The molecule has 122 valence electrons. The first-order valence-corrected chi connectivity index (χ1v) is 8.36. The summed E-state index contributed by atoms with van der Waals surface area (Å²) in [5, 5.41) is 10.2. The standard InChI is InChI=1S/C16H17ClN2O3S/c1-3-19(9-8-13(20)21)16(22)14-10(2)18-15(23-14)11-4-6-12(17)7-5-11/h4-7H,3,8-9H2,1-2H3,(H,20,21). The number of carboxylic acids is 1. The fourth-order valence-electron chi connectivity index (χ4n) is 2.09. The van der Waals surface area contributed by atoms with Gasteiger partial charge in [0.05, 0.1) is 12.1 Å². The van der Waals surface area contributed by atoms with E-state index in [1.807, 2.05) is 19.1 Å². The number of hydrogen-bond acceptors (Lipinski definition) is 4. The molecule has 0 saturated carbocycles. The molecule has 2 aromatic rings. The molecule has 0 aliphatic carbocycles. The van der Waals surface area contributed by atoms with Crippen LogP contribution in [-0.4, -0.2) is 40.0 Å². The summed E-state index contributed by atoms with van der Waals surface area (Å²) in [4.78, 5) is 29.8. The minimum Gasteiger partial charge on any atom is -0.481 e. The van der Waals surface area contributed by atoms with Gasteiger partial charge in [-0.05, 0) is 26.0 Å². The van der Waals surface area contributed by atoms with E-state index in [1.54, 1.807) is 19.1 Å². The van der Waals surface area contributed by atoms with Gasteiger partial charge >= 0.3 is 5.97 Å². The molecule has 1 heterocycles. The molecular formula is C16H17ClN2O3S. The minimum atomic E-state index is -0.917. The van der Waals surface area contributed by atoms with E-state index in [9.17, 15) is 9.59 Å². The van der Waals surface area contributed by atoms with Crippen molar-refractivity contribution in [3.8, 4) is 10.6 Å². The predicted octanol–water partition coefficient (Wildman–Crippen LogP) is 3.71. The number of carbonyl (C=O) groups is 2. The van der Waals surface area contributed by atoms with Crippen molar-refractivity contribution in [1.29, 1.82) is 0 Å². The number of benzene rings is 1. The maximum atomic E-state index is 12.6. The Bertz CT molecular complexity index is 713. The highest BCUT2D eigenvalue weighted by molar-refractivity contribution is 7.17. The van der Waals surface area contributed by atoms with E-state index in [1.165, 1.54) is 16.2 Å². The van der Waals surface area contributed by atoms with Crippen molar-refractivity contribution < 1.29 is 14.7 Å². The molecular weight excluding hydrogens is 336 g/mol. The molecule has 0 bridgehead atoms. The van der Waals surface area contributed by atoms with Crippen molar-refractivity contribution in [3.63, 3.8) is 0 Å². The summed E-state index contributed by atoms with van der Waals surface area (Å²) < 4.78 is 0. The third-order valence-corrected chi connectivity index (χ3v) is 4.79. The summed E-state index contributed by atoms with van der Waals surface area (Å²) in [6, 6.07) is 7.27. The molecule has 1 aromatic heterocycles. The molecule has 2 rings (SSSR count). The summed E-state index contributed by atoms with van der Waals surface area (Å²) in [5.41, 5.74) is 1.55. The lowest BCUT2D eigenvalue weighted by molar-refractivity contribution is -0.137. The van der Waals surface area contributed by atoms with E-state index >= 15 is 0 Å². The summed E-state index contributed by atoms with van der Waals surface area (Å²) in [6.07, 6.45) is -0.0680. The Labute approximate surface area is 143 Å². The Kier molecular flexibility index (Phi) is 5.74. The molecule has 0 unspecified atom stereocenters. The van der Waals surface area contributed by atoms with Crippen LogP contribution in [0.4, 0.5) is 0 Å². The van der Waals surface area contributed by atoms with Crippen molar-refractivity contribution in [2.24, 2.45) is 0 Å². The average Bonchev–Trinajstić information content (AvgIpc) is 2.90. The third-order valence-electron chi connectivity index (χ3n) is 3.35. The van der Waals surface area contributed by atoms with Gasteiger partial charge in [-0.1, -0.05) is 23.7 Å². The Balaban J connectivity index is 2.24. The largest absolute Gasteiger partial charge is 0.481 e. The molecule has 1 amide bonds. The number of halogens is 1. The third kappa shape index (κ3) is 4.30. The van der Waals surface area contributed by atoms with Crippen molar-refractivity contribution in [2.75, 3.05) is 13.1 Å². The summed E-state index contributed by atoms with van der Waals surface area (Å²) >= 11 is 7.19. The van der Waals surface area contributed by atoms with Crippen LogP contribution in [0.5, 0.6) is 0 Å². The van der Waals surface area contributed by atoms with Crippen molar-refractivity contribution in [1.82, 2.24) is 9.88 Å². The lowest BCUT2D eigenvalue weighted by Gasteiger charge is -2.19. The van der Waals surface area contributed by atoms with Gasteiger partial charge in [-0.3, -0.25) is 9.59 Å². The van der Waals surface area contributed by atoms with Gasteiger partial charge in [0.2, 0.25) is 0 Å². The number of thiazole rings is 1. The van der Waals surface area contributed by atoms with Crippen molar-refractivity contribution >= 4 is 34.8 Å². The molecule has 0 atom stereocenters. The maximum Gasteiger partial charge on any atom is 0.305 e. The zero-order valence-electron chi connectivity index (χ0n) is 12.9. The number of aromatic nitrogens is 1. The van der Waals surface area contributed by atoms with Crippen LogP contribution in [0.2, 0.25) is 5.02 Å². The Morgan fingerprint density at radius 2 is 1.96 bits per heavy atom. The zero-order valence-corrected chi connectivity index (χ0v) is 14.4. The van der Waals surface area contributed by atoms with Crippen molar-refractivity contribution in [2.45, 2.75) is 20.3 Å². The maximum absolute atomic E-state index is 12.6. The lowest BCUT2D eigenvalue weighted by Crippen LogP contribution is -2.32. The van der Waals surface area contributed by atoms with Gasteiger partial charge in [0.1, 0.15) is 9.88 Å². The molecule has 0 saturated heterocycles. The monoisotopic (exact) mass is 352 g/mol. The second-order valence-electron chi connectivity index (χ2n) is 4.97. The first-order valence-electron chi connectivity index (χ1n) is 7.16. The van der Waals surface area contributed by atoms with Crippen LogP contribution in [0.15, 0.2) is 24.3 Å². The number of nitrogens with zero attached hydrogens (tertiary/aromatic N) is 2. The van der Waals surface area contributed by atoms with Crippen LogP contribution < -0.4 is 0 Å². The molecule has 0 aliphatic heterocycles. The molecule has 7 heteroatoms. The number of hydrogen-bond donors (Lipinski definition) is 1. The molecule has 0 aliphatic rings. The van der Waals surface area contributed by atoms with E-state index in [0.29, 0.717) is 22.1 Å².